The van der Waals surface area contributed by atoms with Crippen LogP contribution >= 0.6 is 0 Å². The molecule has 4 nitrogen and oxygen atoms in total. The zero-order valence-corrected chi connectivity index (χ0v) is 8.23. The van der Waals surface area contributed by atoms with Crippen LogP contribution in [0, 0.1) is 0 Å². The maximum atomic E-state index is 10.8. The molecule has 0 aromatic heterocycles. The van der Waals surface area contributed by atoms with Gasteiger partial charge in [0.15, 0.2) is 0 Å². The van der Waals surface area contributed by atoms with Crippen LogP contribution in [-0.4, -0.2) is 17.0 Å². The number of nitrogens with one attached hydrogen (secondary N) is 1. The van der Waals surface area contributed by atoms with Crippen molar-refractivity contribution in [2.75, 3.05) is 0 Å². The van der Waals surface area contributed by atoms with Crippen LogP contribution in [0.15, 0.2) is 36.0 Å². The maximum absolute atomic E-state index is 10.8. The summed E-state index contributed by atoms with van der Waals surface area (Å²) < 4.78 is 0. The molecule has 0 aliphatic carbocycles. The van der Waals surface area contributed by atoms with E-state index in [1.54, 1.807) is 24.3 Å². The maximum Gasteiger partial charge on any atom is 0.352 e. The molecular weight excluding hydrogens is 194 g/mol. The Labute approximate surface area is 87.2 Å². The predicted octanol–water partition coefficient (Wildman–Crippen LogP) is 1.25. The third-order valence-electron chi connectivity index (χ3n) is 1.65. The van der Waals surface area contributed by atoms with Gasteiger partial charge in [0.25, 0.3) is 0 Å². The molecule has 0 heterocycles. The standard InChI is InChI=1S/C11H11NO3/c1-8(13)12-10(11(14)15)7-9-5-3-2-4-6-9/h2-7H,1H3,(H,12,13)(H,14,15)/b10-7-. The second-order valence-corrected chi connectivity index (χ2v) is 2.96. The molecule has 4 heteroatoms. The first-order valence-electron chi connectivity index (χ1n) is 4.37. The van der Waals surface area contributed by atoms with Gasteiger partial charge in [0.1, 0.15) is 5.70 Å². The van der Waals surface area contributed by atoms with Crippen LogP contribution in [0.4, 0.5) is 0 Å². The van der Waals surface area contributed by atoms with E-state index in [0.717, 1.165) is 5.56 Å². The van der Waals surface area contributed by atoms with Gasteiger partial charge < -0.3 is 10.4 Å². The molecule has 0 fully saturated rings. The lowest BCUT2D eigenvalue weighted by atomic mass is 10.2. The van der Waals surface area contributed by atoms with Crippen LogP contribution in [0.25, 0.3) is 6.08 Å². The zero-order chi connectivity index (χ0) is 11.3. The van der Waals surface area contributed by atoms with E-state index in [2.05, 4.69) is 5.32 Å². The molecule has 1 amide bonds. The molecule has 1 aromatic rings. The lowest BCUT2D eigenvalue weighted by molar-refractivity contribution is -0.134. The van der Waals surface area contributed by atoms with E-state index in [1.165, 1.54) is 13.0 Å². The number of benzene rings is 1. The van der Waals surface area contributed by atoms with Crippen LogP contribution in [0.3, 0.4) is 0 Å². The lowest BCUT2D eigenvalue weighted by Gasteiger charge is -2.02. The molecule has 78 valence electrons. The van der Waals surface area contributed by atoms with Gasteiger partial charge >= 0.3 is 5.97 Å². The fourth-order valence-corrected chi connectivity index (χ4v) is 1.06. The monoisotopic (exact) mass is 205 g/mol. The van der Waals surface area contributed by atoms with Gasteiger partial charge in [0, 0.05) is 6.92 Å². The van der Waals surface area contributed by atoms with Gasteiger partial charge in [-0.25, -0.2) is 4.79 Å². The van der Waals surface area contributed by atoms with Crippen LogP contribution < -0.4 is 5.32 Å². The molecule has 1 aromatic carbocycles. The van der Waals surface area contributed by atoms with Crippen molar-refractivity contribution >= 4 is 18.0 Å². The number of aliphatic carboxylic acids is 1. The normalized spacial score (nSPS) is 10.9. The van der Waals surface area contributed by atoms with Crippen molar-refractivity contribution < 1.29 is 14.7 Å². The molecule has 0 unspecified atom stereocenters. The average Bonchev–Trinajstić information content (AvgIpc) is 2.17. The molecule has 1 rings (SSSR count). The SMILES string of the molecule is CC(=O)N/C(=C\c1ccccc1)C(=O)O. The third-order valence-corrected chi connectivity index (χ3v) is 1.65. The second kappa shape index (κ2) is 4.95. The topological polar surface area (TPSA) is 66.4 Å². The summed E-state index contributed by atoms with van der Waals surface area (Å²) in [5.74, 6) is -1.56. The first-order valence-corrected chi connectivity index (χ1v) is 4.37. The highest BCUT2D eigenvalue weighted by atomic mass is 16.4. The summed E-state index contributed by atoms with van der Waals surface area (Å²) in [6, 6.07) is 8.92. The molecule has 2 N–H and O–H groups in total. The van der Waals surface area contributed by atoms with Gasteiger partial charge in [-0.05, 0) is 11.6 Å². The Balaban J connectivity index is 2.94. The number of carboxylic acid groups (broad SMARTS) is 1. The fraction of sp³-hybridized carbons (Fsp3) is 0.0909. The Morgan fingerprint density at radius 2 is 1.87 bits per heavy atom. The Morgan fingerprint density at radius 1 is 1.27 bits per heavy atom. The van der Waals surface area contributed by atoms with Crippen molar-refractivity contribution in [2.45, 2.75) is 6.92 Å². The van der Waals surface area contributed by atoms with E-state index in [1.807, 2.05) is 6.07 Å². The minimum Gasteiger partial charge on any atom is -0.477 e. The van der Waals surface area contributed by atoms with E-state index in [0.29, 0.717) is 0 Å². The minimum absolute atomic E-state index is 0.131. The molecule has 15 heavy (non-hydrogen) atoms. The van der Waals surface area contributed by atoms with Gasteiger partial charge in [0.2, 0.25) is 5.91 Å². The summed E-state index contributed by atoms with van der Waals surface area (Å²) in [6.07, 6.45) is 1.41. The Morgan fingerprint density at radius 3 is 2.33 bits per heavy atom. The lowest BCUT2D eigenvalue weighted by Crippen LogP contribution is -2.24. The van der Waals surface area contributed by atoms with Gasteiger partial charge in [-0.2, -0.15) is 0 Å². The number of carboxylic acids is 1. The van der Waals surface area contributed by atoms with E-state index < -0.39 is 11.9 Å². The molecule has 0 saturated carbocycles. The summed E-state index contributed by atoms with van der Waals surface area (Å²) in [5, 5.41) is 11.1. The minimum atomic E-state index is -1.16. The van der Waals surface area contributed by atoms with Gasteiger partial charge in [-0.1, -0.05) is 30.3 Å². The summed E-state index contributed by atoms with van der Waals surface area (Å²) in [4.78, 5) is 21.5. The van der Waals surface area contributed by atoms with Crippen LogP contribution in [0.5, 0.6) is 0 Å². The smallest absolute Gasteiger partial charge is 0.352 e. The summed E-state index contributed by atoms with van der Waals surface area (Å²) >= 11 is 0. The van der Waals surface area contributed by atoms with Crippen molar-refractivity contribution in [1.29, 1.82) is 0 Å². The number of hydrogen-bond donors (Lipinski definition) is 2. The second-order valence-electron chi connectivity index (χ2n) is 2.96. The molecule has 0 radical (unpaired) electrons. The number of amides is 1. The highest BCUT2D eigenvalue weighted by Crippen LogP contribution is 2.04. The summed E-state index contributed by atoms with van der Waals surface area (Å²) in [7, 11) is 0. The number of carbonyl (C=O) groups excluding carboxylic acids is 1. The molecule has 0 spiro atoms. The van der Waals surface area contributed by atoms with Crippen LogP contribution in [-0.2, 0) is 9.59 Å². The Kier molecular flexibility index (Phi) is 3.62. The van der Waals surface area contributed by atoms with Gasteiger partial charge in [-0.15, -0.1) is 0 Å². The van der Waals surface area contributed by atoms with Crippen molar-refractivity contribution in [1.82, 2.24) is 5.32 Å². The highest BCUT2D eigenvalue weighted by Gasteiger charge is 2.08. The number of rotatable bonds is 3. The average molecular weight is 205 g/mol. The fourth-order valence-electron chi connectivity index (χ4n) is 1.06. The molecule has 0 bridgehead atoms. The van der Waals surface area contributed by atoms with Gasteiger partial charge in [-0.3, -0.25) is 4.79 Å². The number of hydrogen-bond acceptors (Lipinski definition) is 2. The van der Waals surface area contributed by atoms with Crippen molar-refractivity contribution in [3.63, 3.8) is 0 Å². The summed E-state index contributed by atoms with van der Waals surface area (Å²) in [6.45, 7) is 1.27. The van der Waals surface area contributed by atoms with Crippen molar-refractivity contribution in [3.8, 4) is 0 Å². The molecule has 0 aliphatic rings. The van der Waals surface area contributed by atoms with Crippen molar-refractivity contribution in [3.05, 3.63) is 41.6 Å². The molecular formula is C11H11NO3. The van der Waals surface area contributed by atoms with Gasteiger partial charge in [0.05, 0.1) is 0 Å². The van der Waals surface area contributed by atoms with Crippen molar-refractivity contribution in [2.24, 2.45) is 0 Å². The zero-order valence-electron chi connectivity index (χ0n) is 8.23. The quantitative estimate of drug-likeness (QED) is 0.730. The summed E-state index contributed by atoms with van der Waals surface area (Å²) in [5.41, 5.74) is 0.595. The first-order chi connectivity index (χ1) is 7.09. The largest absolute Gasteiger partial charge is 0.477 e. The number of carbonyl (C=O) groups is 2. The predicted molar refractivity (Wildman–Crippen MR) is 55.9 cm³/mol. The molecule has 0 atom stereocenters. The third kappa shape index (κ3) is 3.64. The van der Waals surface area contributed by atoms with Crippen LogP contribution in [0.2, 0.25) is 0 Å². The van der Waals surface area contributed by atoms with E-state index in [9.17, 15) is 9.59 Å². The van der Waals surface area contributed by atoms with E-state index in [4.69, 9.17) is 5.11 Å². The highest BCUT2D eigenvalue weighted by molar-refractivity contribution is 5.96. The first kappa shape index (κ1) is 11.0. The van der Waals surface area contributed by atoms with E-state index in [-0.39, 0.29) is 5.70 Å². The molecule has 0 saturated heterocycles. The Bertz CT molecular complexity index is 396. The van der Waals surface area contributed by atoms with Crippen LogP contribution in [0.1, 0.15) is 12.5 Å². The molecule has 0 aliphatic heterocycles. The van der Waals surface area contributed by atoms with E-state index >= 15 is 0 Å². The Hall–Kier alpha value is -2.10.